The zero-order chi connectivity index (χ0) is 20.2. The molecule has 2 amide bonds. The smallest absolute Gasteiger partial charge is 0.247 e. The molecule has 0 radical (unpaired) electrons. The van der Waals surface area contributed by atoms with E-state index >= 15 is 0 Å². The lowest BCUT2D eigenvalue weighted by atomic mass is 10.1. The van der Waals surface area contributed by atoms with Crippen molar-refractivity contribution in [1.82, 2.24) is 9.80 Å². The van der Waals surface area contributed by atoms with Gasteiger partial charge in [-0.15, -0.1) is 0 Å². The zero-order valence-electron chi connectivity index (χ0n) is 16.8. The van der Waals surface area contributed by atoms with E-state index in [0.717, 1.165) is 43.2 Å². The van der Waals surface area contributed by atoms with Crippen molar-refractivity contribution in [2.24, 2.45) is 0 Å². The molecule has 0 N–H and O–H groups in total. The normalized spacial score (nSPS) is 20.4. The van der Waals surface area contributed by atoms with Crippen molar-refractivity contribution in [3.63, 3.8) is 0 Å². The molecule has 0 spiro atoms. The average Bonchev–Trinajstić information content (AvgIpc) is 3.06. The van der Waals surface area contributed by atoms with Gasteiger partial charge in [0.25, 0.3) is 0 Å². The second kappa shape index (κ2) is 8.66. The number of methoxy groups -OCH3 is 1. The Labute approximate surface area is 171 Å². The van der Waals surface area contributed by atoms with Crippen LogP contribution in [0, 0.1) is 0 Å². The van der Waals surface area contributed by atoms with Crippen molar-refractivity contribution in [1.29, 1.82) is 0 Å². The molecule has 2 aliphatic heterocycles. The first-order valence-corrected chi connectivity index (χ1v) is 10.2. The van der Waals surface area contributed by atoms with Crippen LogP contribution in [0.2, 0.25) is 0 Å². The fraction of sp³-hybridized carbons (Fsp3) is 0.391. The molecule has 4 rings (SSSR count). The monoisotopic (exact) mass is 393 g/mol. The Kier molecular flexibility index (Phi) is 5.81. The highest BCUT2D eigenvalue weighted by Crippen LogP contribution is 2.29. The summed E-state index contributed by atoms with van der Waals surface area (Å²) in [5.41, 5.74) is 2.22. The Hall–Kier alpha value is -2.86. The lowest BCUT2D eigenvalue weighted by molar-refractivity contribution is -0.139. The number of ether oxygens (including phenoxy) is 1. The summed E-state index contributed by atoms with van der Waals surface area (Å²) in [6, 6.07) is 17.7. The summed E-state index contributed by atoms with van der Waals surface area (Å²) in [4.78, 5) is 31.3. The number of nitrogens with zero attached hydrogens (tertiary/aromatic N) is 3. The number of carbonyl (C=O) groups is 2. The van der Waals surface area contributed by atoms with Crippen molar-refractivity contribution in [2.75, 3.05) is 44.7 Å². The number of carbonyl (C=O) groups excluding carboxylic acids is 2. The van der Waals surface area contributed by atoms with Crippen LogP contribution >= 0.6 is 0 Å². The van der Waals surface area contributed by atoms with Crippen molar-refractivity contribution in [2.45, 2.75) is 18.9 Å². The highest BCUT2D eigenvalue weighted by molar-refractivity contribution is 6.05. The third-order valence-corrected chi connectivity index (χ3v) is 5.87. The van der Waals surface area contributed by atoms with E-state index in [2.05, 4.69) is 15.9 Å². The molecule has 152 valence electrons. The standard InChI is InChI=1S/C23H27N3O3/c1-29-21-10-6-5-9-19(21)24-13-15-25(16-14-24)20-17-22(27)26(23(20)28)12-11-18-7-3-2-4-8-18/h2-10,20H,11-17H2,1H3/t20-/m0/s1. The maximum absolute atomic E-state index is 12.9. The van der Waals surface area contributed by atoms with Gasteiger partial charge in [0, 0.05) is 32.7 Å². The van der Waals surface area contributed by atoms with Crippen molar-refractivity contribution >= 4 is 17.5 Å². The molecular formula is C23H27N3O3. The van der Waals surface area contributed by atoms with Gasteiger partial charge in [0.1, 0.15) is 5.75 Å². The van der Waals surface area contributed by atoms with Crippen LogP contribution in [0.5, 0.6) is 5.75 Å². The molecule has 2 aliphatic rings. The number of imide groups is 1. The van der Waals surface area contributed by atoms with Crippen LogP contribution in [-0.4, -0.2) is 67.5 Å². The van der Waals surface area contributed by atoms with Gasteiger partial charge in [-0.3, -0.25) is 19.4 Å². The van der Waals surface area contributed by atoms with Gasteiger partial charge in [-0.25, -0.2) is 0 Å². The third kappa shape index (κ3) is 4.12. The van der Waals surface area contributed by atoms with Crippen LogP contribution in [0.1, 0.15) is 12.0 Å². The van der Waals surface area contributed by atoms with Gasteiger partial charge in [-0.1, -0.05) is 42.5 Å². The molecule has 29 heavy (non-hydrogen) atoms. The van der Waals surface area contributed by atoms with E-state index in [1.165, 1.54) is 4.90 Å². The summed E-state index contributed by atoms with van der Waals surface area (Å²) in [5.74, 6) is 0.764. The molecule has 0 aliphatic carbocycles. The summed E-state index contributed by atoms with van der Waals surface area (Å²) in [7, 11) is 1.68. The molecule has 2 heterocycles. The SMILES string of the molecule is COc1ccccc1N1CCN([C@H]2CC(=O)N(CCc3ccccc3)C2=O)CC1. The zero-order valence-corrected chi connectivity index (χ0v) is 16.8. The lowest BCUT2D eigenvalue weighted by Gasteiger charge is -2.38. The Balaban J connectivity index is 1.35. The number of hydrogen-bond acceptors (Lipinski definition) is 5. The third-order valence-electron chi connectivity index (χ3n) is 5.87. The van der Waals surface area contributed by atoms with Gasteiger partial charge in [-0.05, 0) is 24.1 Å². The second-order valence-corrected chi connectivity index (χ2v) is 7.53. The van der Waals surface area contributed by atoms with Gasteiger partial charge >= 0.3 is 0 Å². The van der Waals surface area contributed by atoms with Crippen LogP contribution in [0.15, 0.2) is 54.6 Å². The molecule has 2 fully saturated rings. The topological polar surface area (TPSA) is 53.1 Å². The molecule has 6 nitrogen and oxygen atoms in total. The number of rotatable bonds is 6. The summed E-state index contributed by atoms with van der Waals surface area (Å²) in [6.45, 7) is 3.59. The van der Waals surface area contributed by atoms with E-state index in [1.54, 1.807) is 7.11 Å². The number of hydrogen-bond donors (Lipinski definition) is 0. The van der Waals surface area contributed by atoms with Crippen LogP contribution in [0.4, 0.5) is 5.69 Å². The Bertz CT molecular complexity index is 863. The van der Waals surface area contributed by atoms with Crippen LogP contribution in [0.25, 0.3) is 0 Å². The molecule has 2 aromatic rings. The number of benzene rings is 2. The van der Waals surface area contributed by atoms with E-state index in [0.29, 0.717) is 19.4 Å². The van der Waals surface area contributed by atoms with Gasteiger partial charge in [-0.2, -0.15) is 0 Å². The van der Waals surface area contributed by atoms with Crippen molar-refractivity contribution < 1.29 is 14.3 Å². The summed E-state index contributed by atoms with van der Waals surface area (Å²) >= 11 is 0. The molecular weight excluding hydrogens is 366 g/mol. The lowest BCUT2D eigenvalue weighted by Crippen LogP contribution is -2.52. The van der Waals surface area contributed by atoms with Gasteiger partial charge in [0.15, 0.2) is 0 Å². The number of amides is 2. The number of likely N-dealkylation sites (tertiary alicyclic amines) is 1. The summed E-state index contributed by atoms with van der Waals surface area (Å²) < 4.78 is 5.47. The minimum Gasteiger partial charge on any atom is -0.495 e. The molecule has 0 saturated carbocycles. The Morgan fingerprint density at radius 3 is 2.34 bits per heavy atom. The average molecular weight is 393 g/mol. The van der Waals surface area contributed by atoms with E-state index in [9.17, 15) is 9.59 Å². The Morgan fingerprint density at radius 1 is 0.931 bits per heavy atom. The summed E-state index contributed by atoms with van der Waals surface area (Å²) in [6.07, 6.45) is 0.995. The molecule has 6 heteroatoms. The largest absolute Gasteiger partial charge is 0.495 e. The van der Waals surface area contributed by atoms with Crippen LogP contribution in [-0.2, 0) is 16.0 Å². The predicted molar refractivity (Wildman–Crippen MR) is 112 cm³/mol. The quantitative estimate of drug-likeness (QED) is 0.705. The fourth-order valence-electron chi connectivity index (χ4n) is 4.24. The maximum Gasteiger partial charge on any atom is 0.247 e. The van der Waals surface area contributed by atoms with E-state index in [1.807, 2.05) is 48.5 Å². The van der Waals surface area contributed by atoms with Crippen molar-refractivity contribution in [3.8, 4) is 5.75 Å². The highest BCUT2D eigenvalue weighted by Gasteiger charge is 2.42. The molecule has 2 saturated heterocycles. The summed E-state index contributed by atoms with van der Waals surface area (Å²) in [5, 5.41) is 0. The number of piperazine rings is 1. The predicted octanol–water partition coefficient (Wildman–Crippen LogP) is 2.19. The first-order chi connectivity index (χ1) is 14.2. The molecule has 1 atom stereocenters. The van der Waals surface area contributed by atoms with Gasteiger partial charge in [0.05, 0.1) is 25.3 Å². The first-order valence-electron chi connectivity index (χ1n) is 10.2. The maximum atomic E-state index is 12.9. The van der Waals surface area contributed by atoms with Gasteiger partial charge < -0.3 is 9.64 Å². The first kappa shape index (κ1) is 19.5. The fourth-order valence-corrected chi connectivity index (χ4v) is 4.24. The molecule has 0 unspecified atom stereocenters. The molecule has 0 bridgehead atoms. The second-order valence-electron chi connectivity index (χ2n) is 7.53. The molecule has 2 aromatic carbocycles. The van der Waals surface area contributed by atoms with Crippen molar-refractivity contribution in [3.05, 3.63) is 60.2 Å². The van der Waals surface area contributed by atoms with Crippen LogP contribution in [0.3, 0.4) is 0 Å². The number of anilines is 1. The minimum atomic E-state index is -0.321. The highest BCUT2D eigenvalue weighted by atomic mass is 16.5. The van der Waals surface area contributed by atoms with E-state index < -0.39 is 0 Å². The minimum absolute atomic E-state index is 0.0447. The Morgan fingerprint density at radius 2 is 1.62 bits per heavy atom. The van der Waals surface area contributed by atoms with Gasteiger partial charge in [0.2, 0.25) is 11.8 Å². The van der Waals surface area contributed by atoms with E-state index in [4.69, 9.17) is 4.74 Å². The van der Waals surface area contributed by atoms with Crippen LogP contribution < -0.4 is 9.64 Å². The van der Waals surface area contributed by atoms with E-state index in [-0.39, 0.29) is 17.9 Å². The molecule has 0 aromatic heterocycles. The number of para-hydroxylation sites is 2.